The molecular formula is C33H44N2O18. The van der Waals surface area contributed by atoms with E-state index in [0.29, 0.717) is 5.56 Å². The highest BCUT2D eigenvalue weighted by Gasteiger charge is 2.49. The van der Waals surface area contributed by atoms with Gasteiger partial charge in [-0.25, -0.2) is 14.4 Å². The molecule has 2 rings (SSSR count). The Morgan fingerprint density at radius 2 is 1.02 bits per heavy atom. The molecule has 0 saturated carbocycles. The van der Waals surface area contributed by atoms with Gasteiger partial charge in [0, 0.05) is 25.2 Å². The van der Waals surface area contributed by atoms with Crippen molar-refractivity contribution in [2.45, 2.75) is 82.5 Å². The Balaban J connectivity index is 0.000000530. The van der Waals surface area contributed by atoms with Crippen molar-refractivity contribution in [2.75, 3.05) is 13.1 Å². The molecule has 0 aliphatic carbocycles. The number of rotatable bonds is 19. The third kappa shape index (κ3) is 14.4. The number of phenols is 4. The Kier molecular flexibility index (Phi) is 16.9. The second-order valence-corrected chi connectivity index (χ2v) is 12.3. The van der Waals surface area contributed by atoms with Crippen molar-refractivity contribution in [3.63, 3.8) is 0 Å². The van der Waals surface area contributed by atoms with Gasteiger partial charge in [-0.05, 0) is 35.4 Å². The van der Waals surface area contributed by atoms with E-state index in [1.165, 1.54) is 24.3 Å². The third-order valence-corrected chi connectivity index (χ3v) is 7.07. The van der Waals surface area contributed by atoms with Gasteiger partial charge >= 0.3 is 35.8 Å². The third-order valence-electron chi connectivity index (χ3n) is 7.07. The van der Waals surface area contributed by atoms with Crippen LogP contribution < -0.4 is 10.6 Å². The Labute approximate surface area is 301 Å². The maximum atomic E-state index is 12.2. The minimum atomic E-state index is -3.26. The first-order valence-corrected chi connectivity index (χ1v) is 15.7. The molecule has 53 heavy (non-hydrogen) atoms. The lowest BCUT2D eigenvalue weighted by atomic mass is 9.96. The first-order chi connectivity index (χ1) is 24.4. The molecule has 12 N–H and O–H groups in total. The first kappa shape index (κ1) is 45.3. The number of aromatic hydroxyl groups is 4. The van der Waals surface area contributed by atoms with Gasteiger partial charge < -0.3 is 71.2 Å². The Bertz CT molecular complexity index is 1630. The normalized spacial score (nSPS) is 14.4. The van der Waals surface area contributed by atoms with E-state index in [1.54, 1.807) is 13.8 Å². The summed E-state index contributed by atoms with van der Waals surface area (Å²) in [6.07, 6.45) is -5.76. The van der Waals surface area contributed by atoms with Crippen LogP contribution >= 0.6 is 0 Å². The number of carboxylic acids is 4. The standard InChI is InChI=1S/C17H23NO9.C16H21NO9/c1-9(2)18-8-13(10-3-4-11(19)12(20)5-10)27-15(23)7-17(26,16(24)25)6-14(21)22;1-8(2)17-7-12(9-3-4-10(18)11(19)5-9)26-15(24)16(25,14(22)23)6-13(20)21/h3-5,9,13,18-20,26H,6-8H2,1-2H3,(H,21,22)(H,24,25);3-5,8,12,17-19,25H,6-7H2,1-2H3,(H,20,21)(H,22,23). The summed E-state index contributed by atoms with van der Waals surface area (Å²) in [6.45, 7) is 7.34. The van der Waals surface area contributed by atoms with Crippen LogP contribution in [0.1, 0.15) is 70.3 Å². The van der Waals surface area contributed by atoms with Crippen molar-refractivity contribution in [2.24, 2.45) is 0 Å². The summed E-state index contributed by atoms with van der Waals surface area (Å²) < 4.78 is 10.2. The maximum absolute atomic E-state index is 12.2. The number of hydrogen-bond donors (Lipinski definition) is 12. The number of ether oxygens (including phenoxy) is 2. The minimum absolute atomic E-state index is 0.0138. The highest BCUT2D eigenvalue weighted by atomic mass is 16.6. The van der Waals surface area contributed by atoms with E-state index in [4.69, 9.17) is 29.9 Å². The molecule has 0 heterocycles. The monoisotopic (exact) mass is 756 g/mol. The zero-order valence-corrected chi connectivity index (χ0v) is 29.0. The summed E-state index contributed by atoms with van der Waals surface area (Å²) in [5.41, 5.74) is -5.56. The molecule has 0 bridgehead atoms. The van der Waals surface area contributed by atoms with Crippen LogP contribution in [0.2, 0.25) is 0 Å². The largest absolute Gasteiger partial charge is 0.504 e. The van der Waals surface area contributed by atoms with Crippen molar-refractivity contribution >= 4 is 35.8 Å². The Hall–Kier alpha value is -5.70. The molecule has 0 saturated heterocycles. The lowest BCUT2D eigenvalue weighted by molar-refractivity contribution is -0.187. The van der Waals surface area contributed by atoms with Crippen LogP contribution in [-0.2, 0) is 38.2 Å². The number of phenolic OH excluding ortho intramolecular Hbond substituents is 4. The minimum Gasteiger partial charge on any atom is -0.504 e. The molecule has 0 fully saturated rings. The molecule has 20 heteroatoms. The van der Waals surface area contributed by atoms with E-state index in [-0.39, 0.29) is 36.5 Å². The van der Waals surface area contributed by atoms with Gasteiger partial charge in [-0.3, -0.25) is 14.4 Å². The van der Waals surface area contributed by atoms with Crippen molar-refractivity contribution < 1.29 is 89.3 Å². The van der Waals surface area contributed by atoms with Gasteiger partial charge in [0.05, 0.1) is 19.3 Å². The number of hydrogen-bond acceptors (Lipinski definition) is 16. The fraction of sp³-hybridized carbons (Fsp3) is 0.455. The molecule has 2 aromatic rings. The molecule has 2 aromatic carbocycles. The summed E-state index contributed by atoms with van der Waals surface area (Å²) in [4.78, 5) is 68.2. The van der Waals surface area contributed by atoms with E-state index < -0.39 is 95.7 Å². The summed E-state index contributed by atoms with van der Waals surface area (Å²) >= 11 is 0. The second kappa shape index (κ2) is 19.8. The van der Waals surface area contributed by atoms with Gasteiger partial charge in [0.1, 0.15) is 12.2 Å². The van der Waals surface area contributed by atoms with E-state index in [1.807, 2.05) is 13.8 Å². The van der Waals surface area contributed by atoms with Gasteiger partial charge in [0.2, 0.25) is 0 Å². The summed E-state index contributed by atoms with van der Waals surface area (Å²) in [5.74, 6) is -11.7. The first-order valence-electron chi connectivity index (χ1n) is 15.7. The topological polar surface area (TPSA) is 347 Å². The van der Waals surface area contributed by atoms with E-state index >= 15 is 0 Å². The molecule has 20 nitrogen and oxygen atoms in total. The second-order valence-electron chi connectivity index (χ2n) is 12.3. The zero-order chi connectivity index (χ0) is 40.8. The SMILES string of the molecule is CC(C)NCC(OC(=O)C(O)(CC(=O)O)C(=O)O)c1ccc(O)c(O)c1.CC(C)NCC(OC(=O)CC(O)(CC(=O)O)C(=O)O)c1ccc(O)c(O)c1. The summed E-state index contributed by atoms with van der Waals surface area (Å²) in [7, 11) is 0. The van der Waals surface area contributed by atoms with Gasteiger partial charge in [0.25, 0.3) is 5.60 Å². The van der Waals surface area contributed by atoms with Crippen LogP contribution in [0.3, 0.4) is 0 Å². The maximum Gasteiger partial charge on any atom is 0.351 e. The van der Waals surface area contributed by atoms with Gasteiger partial charge in [0.15, 0.2) is 28.6 Å². The predicted octanol–water partition coefficient (Wildman–Crippen LogP) is 0.331. The van der Waals surface area contributed by atoms with Gasteiger partial charge in [-0.2, -0.15) is 0 Å². The highest BCUT2D eigenvalue weighted by molar-refractivity contribution is 6.05. The van der Waals surface area contributed by atoms with Gasteiger partial charge in [-0.15, -0.1) is 0 Å². The molecule has 4 atom stereocenters. The number of aliphatic hydroxyl groups is 2. The molecular weight excluding hydrogens is 712 g/mol. The Morgan fingerprint density at radius 1 is 0.604 bits per heavy atom. The Morgan fingerprint density at radius 3 is 1.36 bits per heavy atom. The fourth-order valence-electron chi connectivity index (χ4n) is 4.21. The summed E-state index contributed by atoms with van der Waals surface area (Å²) in [6, 6.07) is 7.31. The van der Waals surface area contributed by atoms with E-state index in [2.05, 4.69) is 10.6 Å². The lowest BCUT2D eigenvalue weighted by Crippen LogP contribution is -2.50. The van der Waals surface area contributed by atoms with E-state index in [9.17, 15) is 59.4 Å². The molecule has 4 unspecified atom stereocenters. The number of carbonyl (C=O) groups is 6. The van der Waals surface area contributed by atoms with Crippen LogP contribution in [0.15, 0.2) is 36.4 Å². The smallest absolute Gasteiger partial charge is 0.351 e. The fourth-order valence-corrected chi connectivity index (χ4v) is 4.21. The van der Waals surface area contributed by atoms with Crippen molar-refractivity contribution in [3.8, 4) is 23.0 Å². The van der Waals surface area contributed by atoms with Crippen molar-refractivity contribution in [1.82, 2.24) is 10.6 Å². The molecule has 0 aliphatic rings. The summed E-state index contributed by atoms with van der Waals surface area (Å²) in [5, 5.41) is 99.3. The average molecular weight is 757 g/mol. The lowest BCUT2D eigenvalue weighted by Gasteiger charge is -2.25. The molecule has 0 amide bonds. The van der Waals surface area contributed by atoms with Crippen LogP contribution in [0.4, 0.5) is 0 Å². The number of esters is 2. The molecule has 0 aromatic heterocycles. The van der Waals surface area contributed by atoms with Crippen LogP contribution in [0, 0.1) is 0 Å². The van der Waals surface area contributed by atoms with Crippen LogP contribution in [0.25, 0.3) is 0 Å². The predicted molar refractivity (Wildman–Crippen MR) is 178 cm³/mol. The highest BCUT2D eigenvalue weighted by Crippen LogP contribution is 2.31. The van der Waals surface area contributed by atoms with Crippen LogP contribution in [0.5, 0.6) is 23.0 Å². The molecule has 0 spiro atoms. The zero-order valence-electron chi connectivity index (χ0n) is 29.0. The van der Waals surface area contributed by atoms with E-state index in [0.717, 1.165) is 12.1 Å². The molecule has 0 aliphatic heterocycles. The quantitative estimate of drug-likeness (QED) is 0.0522. The molecule has 0 radical (unpaired) electrons. The number of carboxylic acid groups (broad SMARTS) is 4. The van der Waals surface area contributed by atoms with Gasteiger partial charge in [-0.1, -0.05) is 39.8 Å². The van der Waals surface area contributed by atoms with Crippen molar-refractivity contribution in [3.05, 3.63) is 47.5 Å². The average Bonchev–Trinajstić information content (AvgIpc) is 3.03. The number of nitrogens with one attached hydrogen (secondary N) is 2. The molecule has 294 valence electrons. The number of benzene rings is 2. The van der Waals surface area contributed by atoms with Crippen LogP contribution in [-0.4, -0.2) is 123 Å². The number of carbonyl (C=O) groups excluding carboxylic acids is 2. The van der Waals surface area contributed by atoms with Crippen molar-refractivity contribution in [1.29, 1.82) is 0 Å². The number of aliphatic carboxylic acids is 4.